The molecule has 8 heteroatoms. The van der Waals surface area contributed by atoms with Crippen LogP contribution >= 0.6 is 0 Å². The number of carbonyl (C=O) groups is 1. The molecule has 2 heterocycles. The maximum absolute atomic E-state index is 14.1. The summed E-state index contributed by atoms with van der Waals surface area (Å²) < 4.78 is 30.0. The van der Waals surface area contributed by atoms with Crippen LogP contribution < -0.4 is 5.32 Å². The van der Waals surface area contributed by atoms with Gasteiger partial charge in [0.05, 0.1) is 17.8 Å². The van der Waals surface area contributed by atoms with Gasteiger partial charge in [-0.1, -0.05) is 38.1 Å². The Kier molecular flexibility index (Phi) is 7.41. The van der Waals surface area contributed by atoms with Gasteiger partial charge in [0.1, 0.15) is 0 Å². The van der Waals surface area contributed by atoms with Crippen LogP contribution in [0.3, 0.4) is 0 Å². The first-order valence-corrected chi connectivity index (χ1v) is 17.3. The number of piperidine rings is 2. The van der Waals surface area contributed by atoms with Crippen LogP contribution in [0.2, 0.25) is 0 Å². The lowest BCUT2D eigenvalue weighted by molar-refractivity contribution is -0.128. The van der Waals surface area contributed by atoms with E-state index in [2.05, 4.69) is 48.3 Å². The lowest BCUT2D eigenvalue weighted by atomic mass is 9.69. The molecule has 2 N–H and O–H groups in total. The summed E-state index contributed by atoms with van der Waals surface area (Å²) in [5, 5.41) is 13.3. The number of hydrogen-bond donors (Lipinski definition) is 2. The highest BCUT2D eigenvalue weighted by atomic mass is 32.2. The first-order chi connectivity index (χ1) is 19.0. The van der Waals surface area contributed by atoms with Gasteiger partial charge in [-0.05, 0) is 99.1 Å². The van der Waals surface area contributed by atoms with Gasteiger partial charge in [-0.2, -0.15) is 0 Å². The zero-order valence-corrected chi connectivity index (χ0v) is 25.5. The zero-order valence-electron chi connectivity index (χ0n) is 24.7. The average molecular weight is 572 g/mol. The Morgan fingerprint density at radius 2 is 1.85 bits per heavy atom. The number of nitrogens with zero attached hydrogens (tertiary/aromatic N) is 2. The quantitative estimate of drug-likeness (QED) is 0.521. The molecule has 2 aliphatic heterocycles. The van der Waals surface area contributed by atoms with Crippen LogP contribution in [0.1, 0.15) is 83.3 Å². The Hall–Kier alpha value is -1.48. The molecule has 4 fully saturated rings. The first-order valence-electron chi connectivity index (χ1n) is 15.7. The third kappa shape index (κ3) is 4.75. The molecule has 1 spiro atoms. The van der Waals surface area contributed by atoms with Crippen LogP contribution in [-0.2, 0) is 26.7 Å². The molecule has 3 aliphatic carbocycles. The van der Waals surface area contributed by atoms with Gasteiger partial charge in [-0.15, -0.1) is 0 Å². The summed E-state index contributed by atoms with van der Waals surface area (Å²) in [6.45, 7) is 9.64. The van der Waals surface area contributed by atoms with E-state index >= 15 is 0 Å². The number of aryl methyl sites for hydroxylation is 1. The molecule has 1 aromatic rings. The summed E-state index contributed by atoms with van der Waals surface area (Å²) in [5.74, 6) is 0.540. The van der Waals surface area contributed by atoms with Gasteiger partial charge in [0.25, 0.3) is 0 Å². The number of aliphatic hydroxyl groups excluding tert-OH is 1. The molecule has 222 valence electrons. The predicted molar refractivity (Wildman–Crippen MR) is 157 cm³/mol. The van der Waals surface area contributed by atoms with E-state index in [1.807, 2.05) is 0 Å². The topological polar surface area (TPSA) is 90.0 Å². The molecule has 6 rings (SSSR count). The van der Waals surface area contributed by atoms with Gasteiger partial charge in [-0.25, -0.2) is 12.7 Å². The molecule has 1 amide bonds. The van der Waals surface area contributed by atoms with Crippen molar-refractivity contribution in [1.29, 1.82) is 0 Å². The van der Waals surface area contributed by atoms with Crippen molar-refractivity contribution in [2.75, 3.05) is 38.5 Å². The normalized spacial score (nSPS) is 34.1. The van der Waals surface area contributed by atoms with Crippen LogP contribution in [0.5, 0.6) is 0 Å². The van der Waals surface area contributed by atoms with E-state index in [1.54, 1.807) is 11.2 Å². The predicted octanol–water partition coefficient (Wildman–Crippen LogP) is 3.70. The number of rotatable bonds is 7. The fourth-order valence-corrected chi connectivity index (χ4v) is 11.9. The summed E-state index contributed by atoms with van der Waals surface area (Å²) in [7, 11) is -3.48. The molecule has 5 atom stereocenters. The fourth-order valence-electron chi connectivity index (χ4n) is 9.61. The summed E-state index contributed by atoms with van der Waals surface area (Å²) in [4.78, 5) is 15.8. The number of β-amino-alcohol motifs (C(OH)–C–C–N with tert-alkyl or cyclic N) is 1. The van der Waals surface area contributed by atoms with Crippen LogP contribution in [0.15, 0.2) is 24.3 Å². The van der Waals surface area contributed by atoms with Crippen molar-refractivity contribution in [2.45, 2.75) is 96.1 Å². The molecule has 7 nitrogen and oxygen atoms in total. The molecular formula is C32H49N3O4S. The Bertz CT molecular complexity index is 1220. The number of fused-ring (bicyclic) bond motifs is 4. The number of carbonyl (C=O) groups excluding carboxylic acids is 1. The zero-order chi connectivity index (χ0) is 28.3. The number of benzene rings is 1. The van der Waals surface area contributed by atoms with Crippen LogP contribution in [0.25, 0.3) is 0 Å². The second-order valence-electron chi connectivity index (χ2n) is 14.5. The highest BCUT2D eigenvalue weighted by Gasteiger charge is 2.66. The molecule has 1 aromatic carbocycles. The van der Waals surface area contributed by atoms with E-state index in [4.69, 9.17) is 0 Å². The largest absolute Gasteiger partial charge is 0.392 e. The molecule has 0 radical (unpaired) electrons. The fraction of sp³-hybridized carbons (Fsp3) is 0.781. The van der Waals surface area contributed by atoms with Crippen LogP contribution in [0.4, 0.5) is 0 Å². The maximum atomic E-state index is 14.1. The van der Waals surface area contributed by atoms with Crippen LogP contribution in [-0.4, -0.2) is 79.3 Å². The minimum Gasteiger partial charge on any atom is -0.392 e. The third-order valence-electron chi connectivity index (χ3n) is 12.1. The van der Waals surface area contributed by atoms with Crippen molar-refractivity contribution in [2.24, 2.45) is 22.7 Å². The van der Waals surface area contributed by atoms with E-state index in [-0.39, 0.29) is 34.4 Å². The molecule has 2 saturated heterocycles. The third-order valence-corrected chi connectivity index (χ3v) is 14.2. The maximum Gasteiger partial charge on any atom is 0.224 e. The Balaban J connectivity index is 1.15. The second kappa shape index (κ2) is 10.4. The molecular weight excluding hydrogens is 522 g/mol. The minimum absolute atomic E-state index is 0.0697. The first kappa shape index (κ1) is 28.6. The van der Waals surface area contributed by atoms with E-state index in [0.29, 0.717) is 32.1 Å². The molecule has 40 heavy (non-hydrogen) atoms. The lowest BCUT2D eigenvalue weighted by Gasteiger charge is -2.45. The van der Waals surface area contributed by atoms with Crippen molar-refractivity contribution < 1.29 is 18.3 Å². The number of nitrogens with one attached hydrogen (secondary N) is 1. The summed E-state index contributed by atoms with van der Waals surface area (Å²) in [6, 6.07) is 8.63. The van der Waals surface area contributed by atoms with Gasteiger partial charge < -0.3 is 10.4 Å². The number of amides is 1. The molecule has 0 aromatic heterocycles. The monoisotopic (exact) mass is 571 g/mol. The van der Waals surface area contributed by atoms with Crippen molar-refractivity contribution in [3.63, 3.8) is 0 Å². The van der Waals surface area contributed by atoms with E-state index in [9.17, 15) is 18.3 Å². The SMILES string of the molecule is C[C@@H](O)CN1CCC[C@@H](C(=O)NC2CC3CCC2(CS(=O)(=O)N2CCC4(CCc5ccccc54)CC2)C3(C)C)C1. The van der Waals surface area contributed by atoms with Crippen molar-refractivity contribution in [3.05, 3.63) is 35.4 Å². The van der Waals surface area contributed by atoms with Crippen LogP contribution in [0, 0.1) is 22.7 Å². The molecule has 5 aliphatic rings. The van der Waals surface area contributed by atoms with E-state index < -0.39 is 21.5 Å². The Labute approximate surface area is 241 Å². The highest BCUT2D eigenvalue weighted by Crippen LogP contribution is 2.66. The average Bonchev–Trinajstić information content (AvgIpc) is 3.45. The number of likely N-dealkylation sites (tertiary alicyclic amines) is 1. The number of sulfonamides is 1. The highest BCUT2D eigenvalue weighted by molar-refractivity contribution is 7.89. The van der Waals surface area contributed by atoms with Gasteiger partial charge in [0.2, 0.25) is 15.9 Å². The van der Waals surface area contributed by atoms with E-state index in [0.717, 1.165) is 64.3 Å². The van der Waals surface area contributed by atoms with Crippen molar-refractivity contribution in [3.8, 4) is 0 Å². The standard InChI is InChI=1S/C32H49N3O4S/c1-23(36)20-34-16-6-8-25(21-34)29(37)33-28-19-26-11-13-32(28,30(26,2)3)22-40(38,39)35-17-14-31(15-18-35)12-10-24-7-4-5-9-27(24)31/h4-5,7,9,23,25-26,28,36H,6,8,10-22H2,1-3H3,(H,33,37)/t23-,25-,26?,28?,32?/m1/s1. The van der Waals surface area contributed by atoms with Gasteiger partial charge >= 0.3 is 0 Å². The van der Waals surface area contributed by atoms with E-state index in [1.165, 1.54) is 11.1 Å². The van der Waals surface area contributed by atoms with Crippen molar-refractivity contribution in [1.82, 2.24) is 14.5 Å². The summed E-state index contributed by atoms with van der Waals surface area (Å²) in [6.07, 6.45) is 8.19. The number of aliphatic hydroxyl groups is 1. The van der Waals surface area contributed by atoms with Crippen molar-refractivity contribution >= 4 is 15.9 Å². The lowest BCUT2D eigenvalue weighted by Crippen LogP contribution is -2.56. The van der Waals surface area contributed by atoms with Gasteiger partial charge in [-0.3, -0.25) is 9.69 Å². The summed E-state index contributed by atoms with van der Waals surface area (Å²) in [5.41, 5.74) is 2.44. The van der Waals surface area contributed by atoms with Gasteiger partial charge in [0, 0.05) is 37.6 Å². The Morgan fingerprint density at radius 3 is 2.58 bits per heavy atom. The smallest absolute Gasteiger partial charge is 0.224 e. The van der Waals surface area contributed by atoms with Gasteiger partial charge in [0.15, 0.2) is 0 Å². The Morgan fingerprint density at radius 1 is 1.10 bits per heavy atom. The summed E-state index contributed by atoms with van der Waals surface area (Å²) >= 11 is 0. The molecule has 2 saturated carbocycles. The molecule has 3 unspecified atom stereocenters. The number of hydrogen-bond acceptors (Lipinski definition) is 5. The minimum atomic E-state index is -3.48. The molecule has 2 bridgehead atoms. The second-order valence-corrected chi connectivity index (χ2v) is 16.4.